The Labute approximate surface area is 117 Å². The van der Waals surface area contributed by atoms with Crippen LogP contribution in [0.25, 0.3) is 0 Å². The zero-order valence-electron chi connectivity index (χ0n) is 11.4. The van der Waals surface area contributed by atoms with E-state index < -0.39 is 10.0 Å². The number of halogens is 1. The molecule has 1 aliphatic heterocycles. The van der Waals surface area contributed by atoms with Gasteiger partial charge in [0.05, 0.1) is 18.5 Å². The van der Waals surface area contributed by atoms with Crippen LogP contribution in [0, 0.1) is 0 Å². The summed E-state index contributed by atoms with van der Waals surface area (Å²) in [7, 11) is -1.28. The van der Waals surface area contributed by atoms with E-state index >= 15 is 0 Å². The van der Waals surface area contributed by atoms with E-state index in [9.17, 15) is 8.42 Å². The van der Waals surface area contributed by atoms with Crippen molar-refractivity contribution in [1.29, 1.82) is 0 Å². The highest BCUT2D eigenvalue weighted by Gasteiger charge is 2.27. The second-order valence-corrected chi connectivity index (χ2v) is 6.81. The molecule has 0 radical (unpaired) electrons. The summed E-state index contributed by atoms with van der Waals surface area (Å²) in [6.45, 7) is 5.32. The molecule has 0 bridgehead atoms. The number of rotatable bonds is 6. The molecule has 0 aromatic carbocycles. The summed E-state index contributed by atoms with van der Waals surface area (Å²) in [6, 6.07) is 0.282. The van der Waals surface area contributed by atoms with E-state index in [1.165, 1.54) is 0 Å². The van der Waals surface area contributed by atoms with Gasteiger partial charge in [-0.15, -0.1) is 12.4 Å². The largest absolute Gasteiger partial charge is 0.378 e. The lowest BCUT2D eigenvalue weighted by atomic mass is 10.1. The molecule has 1 unspecified atom stereocenters. The average Bonchev–Trinajstić information content (AvgIpc) is 2.28. The smallest absolute Gasteiger partial charge is 0.216 e. The van der Waals surface area contributed by atoms with Gasteiger partial charge in [0.2, 0.25) is 10.0 Å². The highest BCUT2D eigenvalue weighted by atomic mass is 35.5. The van der Waals surface area contributed by atoms with Gasteiger partial charge in [0.15, 0.2) is 0 Å². The summed E-state index contributed by atoms with van der Waals surface area (Å²) in [5, 5.41) is 3.14. The molecule has 1 heterocycles. The Balaban J connectivity index is 0.00000289. The van der Waals surface area contributed by atoms with Crippen molar-refractivity contribution in [2.24, 2.45) is 0 Å². The second kappa shape index (κ2) is 8.32. The predicted octanol–water partition coefficient (Wildman–Crippen LogP) is 0.847. The molecule has 1 atom stereocenters. The summed E-state index contributed by atoms with van der Waals surface area (Å²) in [5.74, 6) is 0.0849. The van der Waals surface area contributed by atoms with Gasteiger partial charge in [-0.2, -0.15) is 0 Å². The highest BCUT2D eigenvalue weighted by Crippen LogP contribution is 2.14. The van der Waals surface area contributed by atoms with Crippen molar-refractivity contribution in [3.8, 4) is 0 Å². The van der Waals surface area contributed by atoms with Crippen LogP contribution < -0.4 is 5.32 Å². The Morgan fingerprint density at radius 3 is 2.67 bits per heavy atom. The third kappa shape index (κ3) is 5.84. The minimum absolute atomic E-state index is 0. The van der Waals surface area contributed by atoms with Crippen LogP contribution >= 0.6 is 12.4 Å². The van der Waals surface area contributed by atoms with Crippen LogP contribution in [0.3, 0.4) is 0 Å². The van der Waals surface area contributed by atoms with Crippen molar-refractivity contribution in [3.05, 3.63) is 0 Å². The topological polar surface area (TPSA) is 58.6 Å². The number of ether oxygens (including phenoxy) is 1. The maximum atomic E-state index is 12.0. The molecule has 0 amide bonds. The third-order valence-corrected chi connectivity index (χ3v) is 4.78. The van der Waals surface area contributed by atoms with E-state index in [-0.39, 0.29) is 36.9 Å². The molecule has 0 saturated carbocycles. The summed E-state index contributed by atoms with van der Waals surface area (Å²) < 4.78 is 31.0. The van der Waals surface area contributed by atoms with Crippen LogP contribution in [0.5, 0.6) is 0 Å². The van der Waals surface area contributed by atoms with E-state index in [0.29, 0.717) is 13.1 Å². The number of nitrogens with zero attached hydrogens (tertiary/aromatic N) is 1. The number of nitrogens with one attached hydrogen (secondary N) is 1. The van der Waals surface area contributed by atoms with Gasteiger partial charge in [-0.3, -0.25) is 0 Å². The molecule has 0 aliphatic carbocycles. The first-order valence-electron chi connectivity index (χ1n) is 6.22. The maximum absolute atomic E-state index is 12.0. The fraction of sp³-hybridized carbons (Fsp3) is 1.00. The molecular formula is C11H25ClN2O3S. The molecular weight excluding hydrogens is 276 g/mol. The van der Waals surface area contributed by atoms with Crippen LogP contribution in [-0.4, -0.2) is 57.4 Å². The molecule has 1 aliphatic rings. The number of sulfonamides is 1. The van der Waals surface area contributed by atoms with Gasteiger partial charge in [-0.25, -0.2) is 12.7 Å². The summed E-state index contributed by atoms with van der Waals surface area (Å²) in [4.78, 5) is 0. The van der Waals surface area contributed by atoms with Crippen molar-refractivity contribution in [1.82, 2.24) is 9.62 Å². The van der Waals surface area contributed by atoms with Crippen molar-refractivity contribution >= 4 is 22.4 Å². The van der Waals surface area contributed by atoms with Crippen LogP contribution in [0.15, 0.2) is 0 Å². The Hall–Kier alpha value is 0.120. The molecule has 7 heteroatoms. The predicted molar refractivity (Wildman–Crippen MR) is 75.8 cm³/mol. The normalized spacial score (nSPS) is 21.9. The molecule has 18 heavy (non-hydrogen) atoms. The number of piperidine rings is 1. The average molecular weight is 301 g/mol. The minimum atomic E-state index is -3.15. The van der Waals surface area contributed by atoms with E-state index in [0.717, 1.165) is 12.8 Å². The highest BCUT2D eigenvalue weighted by molar-refractivity contribution is 7.89. The lowest BCUT2D eigenvalue weighted by Gasteiger charge is -2.31. The van der Waals surface area contributed by atoms with Crippen LogP contribution in [0.2, 0.25) is 0 Å². The van der Waals surface area contributed by atoms with Gasteiger partial charge in [-0.05, 0) is 33.7 Å². The molecule has 5 nitrogen and oxygen atoms in total. The Morgan fingerprint density at radius 1 is 1.44 bits per heavy atom. The molecule has 1 saturated heterocycles. The first-order chi connectivity index (χ1) is 7.95. The zero-order chi connectivity index (χ0) is 12.9. The van der Waals surface area contributed by atoms with E-state index in [1.54, 1.807) is 4.31 Å². The molecule has 1 fully saturated rings. The summed E-state index contributed by atoms with van der Waals surface area (Å²) >= 11 is 0. The monoisotopic (exact) mass is 300 g/mol. The van der Waals surface area contributed by atoms with E-state index in [1.807, 2.05) is 20.9 Å². The van der Waals surface area contributed by atoms with Gasteiger partial charge in [-0.1, -0.05) is 0 Å². The molecule has 1 rings (SSSR count). The standard InChI is InChI=1S/C11H24N2O3S.ClH/c1-10(2)16-7-8-17(14,15)13-6-4-5-11(9-13)12-3;/h10-12H,4-9H2,1-3H3;1H. The van der Waals surface area contributed by atoms with Gasteiger partial charge in [0.25, 0.3) is 0 Å². The van der Waals surface area contributed by atoms with Crippen LogP contribution in [0.4, 0.5) is 0 Å². The van der Waals surface area contributed by atoms with Crippen molar-refractivity contribution in [2.75, 3.05) is 32.5 Å². The van der Waals surface area contributed by atoms with E-state index in [2.05, 4.69) is 5.32 Å². The van der Waals surface area contributed by atoms with Crippen molar-refractivity contribution in [3.63, 3.8) is 0 Å². The summed E-state index contributed by atoms with van der Waals surface area (Å²) in [6.07, 6.45) is 2.05. The van der Waals surface area contributed by atoms with Gasteiger partial charge in [0.1, 0.15) is 0 Å². The SMILES string of the molecule is CNC1CCCN(S(=O)(=O)CCOC(C)C)C1.Cl. The maximum Gasteiger partial charge on any atom is 0.216 e. The number of hydrogen-bond donors (Lipinski definition) is 1. The van der Waals surface area contributed by atoms with Crippen molar-refractivity contribution < 1.29 is 13.2 Å². The quantitative estimate of drug-likeness (QED) is 0.790. The lowest BCUT2D eigenvalue weighted by molar-refractivity contribution is 0.0905. The van der Waals surface area contributed by atoms with Gasteiger partial charge >= 0.3 is 0 Å². The number of hydrogen-bond acceptors (Lipinski definition) is 4. The van der Waals surface area contributed by atoms with Gasteiger partial charge in [0, 0.05) is 19.1 Å². The van der Waals surface area contributed by atoms with Crippen LogP contribution in [0.1, 0.15) is 26.7 Å². The van der Waals surface area contributed by atoms with Crippen LogP contribution in [-0.2, 0) is 14.8 Å². The molecule has 0 aromatic heterocycles. The molecule has 0 aromatic rings. The first-order valence-corrected chi connectivity index (χ1v) is 7.83. The fourth-order valence-electron chi connectivity index (χ4n) is 1.95. The molecule has 0 spiro atoms. The zero-order valence-corrected chi connectivity index (χ0v) is 13.0. The fourth-order valence-corrected chi connectivity index (χ4v) is 3.33. The summed E-state index contributed by atoms with van der Waals surface area (Å²) in [5.41, 5.74) is 0. The minimum Gasteiger partial charge on any atom is -0.378 e. The number of likely N-dealkylation sites (N-methyl/N-ethyl adjacent to an activating group) is 1. The molecule has 110 valence electrons. The lowest BCUT2D eigenvalue weighted by Crippen LogP contribution is -2.48. The van der Waals surface area contributed by atoms with Crippen molar-refractivity contribution in [2.45, 2.75) is 38.8 Å². The van der Waals surface area contributed by atoms with Gasteiger partial charge < -0.3 is 10.1 Å². The second-order valence-electron chi connectivity index (χ2n) is 4.72. The first kappa shape index (κ1) is 18.1. The van der Waals surface area contributed by atoms with E-state index in [4.69, 9.17) is 4.74 Å². The Morgan fingerprint density at radius 2 is 2.11 bits per heavy atom. The Bertz CT molecular complexity index is 322. The molecule has 1 N–H and O–H groups in total. The third-order valence-electron chi connectivity index (χ3n) is 2.98. The Kier molecular flexibility index (Phi) is 8.38.